The summed E-state index contributed by atoms with van der Waals surface area (Å²) >= 11 is 0. The minimum atomic E-state index is 0.582. The van der Waals surface area contributed by atoms with Crippen molar-refractivity contribution in [3.63, 3.8) is 0 Å². The van der Waals surface area contributed by atoms with Crippen molar-refractivity contribution in [1.82, 2.24) is 9.88 Å². The summed E-state index contributed by atoms with van der Waals surface area (Å²) in [4.78, 5) is 9.25. The van der Waals surface area contributed by atoms with E-state index >= 15 is 0 Å². The van der Waals surface area contributed by atoms with Gasteiger partial charge in [-0.1, -0.05) is 6.92 Å². The molecule has 0 bridgehead atoms. The Morgan fingerprint density at radius 1 is 1.25 bits per heavy atom. The summed E-state index contributed by atoms with van der Waals surface area (Å²) in [6, 6.07) is 6.72. The Kier molecular flexibility index (Phi) is 3.49. The van der Waals surface area contributed by atoms with Gasteiger partial charge in [0.25, 0.3) is 0 Å². The van der Waals surface area contributed by atoms with Crippen LogP contribution in [-0.2, 0) is 0 Å². The molecule has 0 amide bonds. The van der Waals surface area contributed by atoms with Crippen molar-refractivity contribution < 1.29 is 0 Å². The number of nitrogen functional groups attached to an aromatic ring is 1. The van der Waals surface area contributed by atoms with Crippen LogP contribution < -0.4 is 10.6 Å². The summed E-state index contributed by atoms with van der Waals surface area (Å²) in [5.41, 5.74) is 8.15. The number of rotatable bonds is 2. The molecule has 20 heavy (non-hydrogen) atoms. The fourth-order valence-electron chi connectivity index (χ4n) is 3.16. The number of nitrogens with two attached hydrogens (primary N) is 1. The molecule has 2 heterocycles. The largest absolute Gasteiger partial charge is 0.398 e. The molecule has 0 spiro atoms. The average molecular weight is 270 g/mol. The van der Waals surface area contributed by atoms with E-state index in [1.165, 1.54) is 5.69 Å². The van der Waals surface area contributed by atoms with E-state index < -0.39 is 0 Å². The highest BCUT2D eigenvalue weighted by molar-refractivity contribution is 6.00. The summed E-state index contributed by atoms with van der Waals surface area (Å²) in [5.74, 6) is 0. The molecule has 0 radical (unpaired) electrons. The smallest absolute Gasteiger partial charge is 0.0464 e. The highest BCUT2D eigenvalue weighted by atomic mass is 15.3. The average Bonchev–Trinajstić information content (AvgIpc) is 2.48. The minimum Gasteiger partial charge on any atom is -0.398 e. The molecule has 0 saturated carbocycles. The lowest BCUT2D eigenvalue weighted by Crippen LogP contribution is -2.51. The number of anilines is 2. The van der Waals surface area contributed by atoms with E-state index in [2.05, 4.69) is 34.7 Å². The maximum atomic E-state index is 6.07. The molecule has 106 valence electrons. The lowest BCUT2D eigenvalue weighted by atomic mass is 10.1. The Bertz CT molecular complexity index is 610. The second kappa shape index (κ2) is 5.29. The first kappa shape index (κ1) is 13.2. The van der Waals surface area contributed by atoms with E-state index in [4.69, 9.17) is 5.73 Å². The maximum absolute atomic E-state index is 6.07. The SMILES string of the molecule is CCN1CCN(c2ccc(N)c3ccncc23)CC1C. The van der Waals surface area contributed by atoms with Crippen molar-refractivity contribution in [2.45, 2.75) is 19.9 Å². The van der Waals surface area contributed by atoms with Crippen molar-refractivity contribution in [2.75, 3.05) is 36.8 Å². The Balaban J connectivity index is 1.97. The third-order valence-electron chi connectivity index (χ3n) is 4.34. The summed E-state index contributed by atoms with van der Waals surface area (Å²) < 4.78 is 0. The zero-order valence-corrected chi connectivity index (χ0v) is 12.2. The van der Waals surface area contributed by atoms with Gasteiger partial charge in [0.15, 0.2) is 0 Å². The van der Waals surface area contributed by atoms with Crippen LogP contribution in [0.3, 0.4) is 0 Å². The first-order valence-corrected chi connectivity index (χ1v) is 7.32. The molecular formula is C16H22N4. The van der Waals surface area contributed by atoms with Gasteiger partial charge in [-0.05, 0) is 31.7 Å². The summed E-state index contributed by atoms with van der Waals surface area (Å²) in [6.45, 7) is 8.89. The number of aromatic nitrogens is 1. The van der Waals surface area contributed by atoms with Crippen LogP contribution >= 0.6 is 0 Å². The van der Waals surface area contributed by atoms with E-state index in [-0.39, 0.29) is 0 Å². The van der Waals surface area contributed by atoms with E-state index in [0.717, 1.165) is 42.6 Å². The molecule has 4 heteroatoms. The Hall–Kier alpha value is -1.81. The van der Waals surface area contributed by atoms with Crippen LogP contribution in [0.4, 0.5) is 11.4 Å². The molecule has 1 aliphatic rings. The van der Waals surface area contributed by atoms with Crippen molar-refractivity contribution in [3.05, 3.63) is 30.6 Å². The normalized spacial score (nSPS) is 20.5. The zero-order chi connectivity index (χ0) is 14.1. The molecule has 0 aliphatic carbocycles. The maximum Gasteiger partial charge on any atom is 0.0464 e. The molecule has 3 rings (SSSR count). The van der Waals surface area contributed by atoms with Gasteiger partial charge >= 0.3 is 0 Å². The van der Waals surface area contributed by atoms with E-state index in [9.17, 15) is 0 Å². The molecular weight excluding hydrogens is 248 g/mol. The van der Waals surface area contributed by atoms with Gasteiger partial charge in [-0.2, -0.15) is 0 Å². The number of hydrogen-bond acceptors (Lipinski definition) is 4. The predicted octanol–water partition coefficient (Wildman–Crippen LogP) is 2.35. The Morgan fingerprint density at radius 3 is 2.85 bits per heavy atom. The number of pyridine rings is 1. The number of benzene rings is 1. The van der Waals surface area contributed by atoms with Crippen LogP contribution in [-0.4, -0.2) is 42.1 Å². The summed E-state index contributed by atoms with van der Waals surface area (Å²) in [5, 5.41) is 2.26. The first-order chi connectivity index (χ1) is 9.70. The van der Waals surface area contributed by atoms with Crippen LogP contribution in [0.1, 0.15) is 13.8 Å². The van der Waals surface area contributed by atoms with Gasteiger partial charge in [-0.3, -0.25) is 9.88 Å². The third-order valence-corrected chi connectivity index (χ3v) is 4.34. The number of likely N-dealkylation sites (N-methyl/N-ethyl adjacent to an activating group) is 1. The molecule has 1 atom stereocenters. The van der Waals surface area contributed by atoms with Gasteiger partial charge in [-0.25, -0.2) is 0 Å². The van der Waals surface area contributed by atoms with Crippen LogP contribution in [0.5, 0.6) is 0 Å². The van der Waals surface area contributed by atoms with Crippen molar-refractivity contribution in [2.24, 2.45) is 0 Å². The van der Waals surface area contributed by atoms with E-state index in [0.29, 0.717) is 6.04 Å². The zero-order valence-electron chi connectivity index (χ0n) is 12.2. The molecule has 4 nitrogen and oxygen atoms in total. The van der Waals surface area contributed by atoms with Gasteiger partial charge < -0.3 is 10.6 Å². The van der Waals surface area contributed by atoms with Crippen LogP contribution in [0.2, 0.25) is 0 Å². The van der Waals surface area contributed by atoms with Crippen molar-refractivity contribution >= 4 is 22.1 Å². The molecule has 1 aromatic carbocycles. The van der Waals surface area contributed by atoms with Crippen molar-refractivity contribution in [3.8, 4) is 0 Å². The quantitative estimate of drug-likeness (QED) is 0.851. The Morgan fingerprint density at radius 2 is 2.10 bits per heavy atom. The topological polar surface area (TPSA) is 45.4 Å². The second-order valence-corrected chi connectivity index (χ2v) is 5.52. The fourth-order valence-corrected chi connectivity index (χ4v) is 3.16. The monoisotopic (exact) mass is 270 g/mol. The van der Waals surface area contributed by atoms with Crippen LogP contribution in [0.15, 0.2) is 30.6 Å². The van der Waals surface area contributed by atoms with Gasteiger partial charge in [0.1, 0.15) is 0 Å². The lowest BCUT2D eigenvalue weighted by Gasteiger charge is -2.40. The summed E-state index contributed by atoms with van der Waals surface area (Å²) in [6.07, 6.45) is 3.73. The first-order valence-electron chi connectivity index (χ1n) is 7.32. The molecule has 1 aliphatic heterocycles. The number of piperazine rings is 1. The summed E-state index contributed by atoms with van der Waals surface area (Å²) in [7, 11) is 0. The van der Waals surface area contributed by atoms with Gasteiger partial charge in [0, 0.05) is 60.2 Å². The highest BCUT2D eigenvalue weighted by Crippen LogP contribution is 2.31. The number of hydrogen-bond donors (Lipinski definition) is 1. The molecule has 1 unspecified atom stereocenters. The highest BCUT2D eigenvalue weighted by Gasteiger charge is 2.23. The molecule has 2 aromatic rings. The lowest BCUT2D eigenvalue weighted by molar-refractivity contribution is 0.200. The standard InChI is InChI=1S/C16H22N4/c1-3-19-8-9-20(11-12(19)2)16-5-4-15(17)13-6-7-18-10-14(13)16/h4-7,10,12H,3,8-9,11,17H2,1-2H3. The number of nitrogens with zero attached hydrogens (tertiary/aromatic N) is 3. The van der Waals surface area contributed by atoms with Gasteiger partial charge in [-0.15, -0.1) is 0 Å². The fraction of sp³-hybridized carbons (Fsp3) is 0.438. The van der Waals surface area contributed by atoms with E-state index in [1.807, 2.05) is 18.3 Å². The van der Waals surface area contributed by atoms with Crippen molar-refractivity contribution in [1.29, 1.82) is 0 Å². The molecule has 1 saturated heterocycles. The second-order valence-electron chi connectivity index (χ2n) is 5.52. The van der Waals surface area contributed by atoms with Crippen LogP contribution in [0, 0.1) is 0 Å². The molecule has 1 aromatic heterocycles. The predicted molar refractivity (Wildman–Crippen MR) is 85.1 cm³/mol. The van der Waals surface area contributed by atoms with Gasteiger partial charge in [0.2, 0.25) is 0 Å². The molecule has 2 N–H and O–H groups in total. The number of fused-ring (bicyclic) bond motifs is 1. The third kappa shape index (κ3) is 2.20. The minimum absolute atomic E-state index is 0.582. The van der Waals surface area contributed by atoms with Gasteiger partial charge in [0.05, 0.1) is 0 Å². The Labute approximate surface area is 120 Å². The van der Waals surface area contributed by atoms with E-state index in [1.54, 1.807) is 6.20 Å². The van der Waals surface area contributed by atoms with Crippen LogP contribution in [0.25, 0.3) is 10.8 Å². The molecule has 1 fully saturated rings.